The van der Waals surface area contributed by atoms with E-state index >= 15 is 0 Å². The molecule has 1 aliphatic rings. The van der Waals surface area contributed by atoms with Gasteiger partial charge in [-0.25, -0.2) is 0 Å². The molecule has 0 amide bonds. The van der Waals surface area contributed by atoms with Gasteiger partial charge in [0.15, 0.2) is 0 Å². The third-order valence-electron chi connectivity index (χ3n) is 3.77. The lowest BCUT2D eigenvalue weighted by Gasteiger charge is -2.27. The Bertz CT molecular complexity index is 458. The lowest BCUT2D eigenvalue weighted by atomic mass is 9.91. The number of rotatable bonds is 4. The van der Waals surface area contributed by atoms with Crippen LogP contribution in [0, 0.1) is 5.41 Å². The first kappa shape index (κ1) is 16.5. The highest BCUT2D eigenvalue weighted by Gasteiger charge is 2.29. The van der Waals surface area contributed by atoms with E-state index < -0.39 is 0 Å². The molecular weight excluding hydrogens is 244 g/mol. The molecule has 0 saturated carbocycles. The number of hydrazone groups is 1. The Morgan fingerprint density at radius 1 is 1.40 bits per heavy atom. The minimum atomic E-state index is 0.0782. The standard InChI is InChI=1S/C18H28N2/c1-8-10-11-16(9-2)17-13-12-14(3)20(17)19-15(4)18(5,6)7/h8-11,17H,2-3,12-13H2,1,4-7H3/b10-8-,16-11+,19-15+. The third kappa shape index (κ3) is 3.96. The summed E-state index contributed by atoms with van der Waals surface area (Å²) in [7, 11) is 0. The second-order valence-electron chi connectivity index (χ2n) is 6.30. The van der Waals surface area contributed by atoms with E-state index in [0.717, 1.165) is 24.3 Å². The zero-order valence-corrected chi connectivity index (χ0v) is 13.6. The van der Waals surface area contributed by atoms with Gasteiger partial charge in [-0.15, -0.1) is 0 Å². The largest absolute Gasteiger partial charge is 0.263 e. The van der Waals surface area contributed by atoms with Crippen molar-refractivity contribution in [2.75, 3.05) is 0 Å². The molecule has 110 valence electrons. The molecule has 1 fully saturated rings. The normalized spacial score (nSPS) is 21.9. The van der Waals surface area contributed by atoms with E-state index in [1.54, 1.807) is 0 Å². The first-order valence-corrected chi connectivity index (χ1v) is 7.29. The third-order valence-corrected chi connectivity index (χ3v) is 3.77. The zero-order chi connectivity index (χ0) is 15.3. The van der Waals surface area contributed by atoms with Crippen molar-refractivity contribution in [1.29, 1.82) is 0 Å². The Hall–Kier alpha value is -1.57. The van der Waals surface area contributed by atoms with Gasteiger partial charge in [-0.1, -0.05) is 58.2 Å². The number of hydrogen-bond donors (Lipinski definition) is 0. The van der Waals surface area contributed by atoms with E-state index in [4.69, 9.17) is 5.10 Å². The van der Waals surface area contributed by atoms with Gasteiger partial charge in [0.05, 0.1) is 6.04 Å². The Kier molecular flexibility index (Phi) is 5.55. The van der Waals surface area contributed by atoms with Crippen molar-refractivity contribution in [3.8, 4) is 0 Å². The van der Waals surface area contributed by atoms with Crippen molar-refractivity contribution in [3.05, 3.63) is 48.7 Å². The van der Waals surface area contributed by atoms with Crippen LogP contribution in [0.15, 0.2) is 53.8 Å². The van der Waals surface area contributed by atoms with Crippen LogP contribution in [0.2, 0.25) is 0 Å². The summed E-state index contributed by atoms with van der Waals surface area (Å²) < 4.78 is 0. The van der Waals surface area contributed by atoms with Crippen LogP contribution in [-0.4, -0.2) is 16.8 Å². The highest BCUT2D eigenvalue weighted by atomic mass is 15.5. The van der Waals surface area contributed by atoms with Gasteiger partial charge in [0.2, 0.25) is 0 Å². The molecule has 0 aliphatic carbocycles. The monoisotopic (exact) mass is 272 g/mol. The molecule has 1 aliphatic heterocycles. The molecule has 0 aromatic heterocycles. The fourth-order valence-corrected chi connectivity index (χ4v) is 2.04. The van der Waals surface area contributed by atoms with Crippen LogP contribution in [0.25, 0.3) is 0 Å². The molecule has 0 radical (unpaired) electrons. The number of nitrogens with zero attached hydrogens (tertiary/aromatic N) is 2. The summed E-state index contributed by atoms with van der Waals surface area (Å²) in [5, 5.41) is 6.91. The predicted octanol–water partition coefficient (Wildman–Crippen LogP) is 5.08. The molecule has 2 heteroatoms. The molecule has 20 heavy (non-hydrogen) atoms. The molecule has 0 N–H and O–H groups in total. The van der Waals surface area contributed by atoms with Gasteiger partial charge in [0, 0.05) is 16.8 Å². The SMILES string of the molecule is C=C/C(=C\C=C/C)C1CCC(=C)N1/N=C(\C)C(C)(C)C. The van der Waals surface area contributed by atoms with Gasteiger partial charge in [-0.2, -0.15) is 5.10 Å². The van der Waals surface area contributed by atoms with Crippen LogP contribution in [0.5, 0.6) is 0 Å². The van der Waals surface area contributed by atoms with Gasteiger partial charge in [-0.05, 0) is 32.3 Å². The van der Waals surface area contributed by atoms with Crippen LogP contribution in [0.4, 0.5) is 0 Å². The van der Waals surface area contributed by atoms with Crippen LogP contribution in [0.1, 0.15) is 47.5 Å². The zero-order valence-electron chi connectivity index (χ0n) is 13.6. The summed E-state index contributed by atoms with van der Waals surface area (Å²) in [5.74, 6) is 0. The molecule has 2 nitrogen and oxygen atoms in total. The second kappa shape index (κ2) is 6.74. The van der Waals surface area contributed by atoms with Crippen LogP contribution < -0.4 is 0 Å². The van der Waals surface area contributed by atoms with Gasteiger partial charge in [0.1, 0.15) is 0 Å². The average Bonchev–Trinajstić information content (AvgIpc) is 2.72. The van der Waals surface area contributed by atoms with E-state index in [1.165, 1.54) is 5.57 Å². The first-order chi connectivity index (χ1) is 9.31. The van der Waals surface area contributed by atoms with E-state index in [2.05, 4.69) is 58.0 Å². The average molecular weight is 272 g/mol. The van der Waals surface area contributed by atoms with Crippen molar-refractivity contribution in [2.24, 2.45) is 10.5 Å². The summed E-state index contributed by atoms with van der Waals surface area (Å²) >= 11 is 0. The summed E-state index contributed by atoms with van der Waals surface area (Å²) in [4.78, 5) is 0. The number of allylic oxidation sites excluding steroid dienone is 4. The maximum absolute atomic E-state index is 4.82. The van der Waals surface area contributed by atoms with Crippen LogP contribution >= 0.6 is 0 Å². The van der Waals surface area contributed by atoms with E-state index in [0.29, 0.717) is 0 Å². The van der Waals surface area contributed by atoms with Crippen molar-refractivity contribution in [2.45, 2.75) is 53.5 Å². The fraction of sp³-hybridized carbons (Fsp3) is 0.500. The Balaban J connectivity index is 3.09. The van der Waals surface area contributed by atoms with Crippen molar-refractivity contribution >= 4 is 5.71 Å². The summed E-state index contributed by atoms with van der Waals surface area (Å²) in [6.07, 6.45) is 10.2. The van der Waals surface area contributed by atoms with E-state index in [1.807, 2.05) is 19.1 Å². The van der Waals surface area contributed by atoms with Gasteiger partial charge in [-0.3, -0.25) is 5.01 Å². The molecule has 0 aromatic carbocycles. The summed E-state index contributed by atoms with van der Waals surface area (Å²) in [6.45, 7) is 18.8. The lowest BCUT2D eigenvalue weighted by Crippen LogP contribution is -2.28. The minimum absolute atomic E-state index is 0.0782. The molecule has 0 spiro atoms. The first-order valence-electron chi connectivity index (χ1n) is 7.29. The van der Waals surface area contributed by atoms with E-state index in [-0.39, 0.29) is 11.5 Å². The molecular formula is C18H28N2. The van der Waals surface area contributed by atoms with Crippen LogP contribution in [-0.2, 0) is 0 Å². The van der Waals surface area contributed by atoms with Crippen LogP contribution in [0.3, 0.4) is 0 Å². The molecule has 1 heterocycles. The molecule has 1 unspecified atom stereocenters. The van der Waals surface area contributed by atoms with Crippen molar-refractivity contribution in [1.82, 2.24) is 5.01 Å². The Morgan fingerprint density at radius 3 is 2.55 bits per heavy atom. The molecule has 0 bridgehead atoms. The Morgan fingerprint density at radius 2 is 2.05 bits per heavy atom. The molecule has 1 atom stereocenters. The smallest absolute Gasteiger partial charge is 0.0774 e. The summed E-state index contributed by atoms with van der Waals surface area (Å²) in [6, 6.07) is 0.258. The Labute approximate surface area is 124 Å². The summed E-state index contributed by atoms with van der Waals surface area (Å²) in [5.41, 5.74) is 3.49. The highest BCUT2D eigenvalue weighted by molar-refractivity contribution is 5.86. The quantitative estimate of drug-likeness (QED) is 0.515. The molecule has 1 saturated heterocycles. The van der Waals surface area contributed by atoms with Gasteiger partial charge < -0.3 is 0 Å². The second-order valence-corrected chi connectivity index (χ2v) is 6.30. The minimum Gasteiger partial charge on any atom is -0.263 e. The van der Waals surface area contributed by atoms with Crippen molar-refractivity contribution in [3.63, 3.8) is 0 Å². The highest BCUT2D eigenvalue weighted by Crippen LogP contribution is 2.32. The maximum atomic E-state index is 4.82. The maximum Gasteiger partial charge on any atom is 0.0774 e. The van der Waals surface area contributed by atoms with Crippen molar-refractivity contribution < 1.29 is 0 Å². The molecule has 0 aromatic rings. The molecule has 1 rings (SSSR count). The van der Waals surface area contributed by atoms with E-state index in [9.17, 15) is 0 Å². The van der Waals surface area contributed by atoms with Gasteiger partial charge >= 0.3 is 0 Å². The predicted molar refractivity (Wildman–Crippen MR) is 89.7 cm³/mol. The topological polar surface area (TPSA) is 15.6 Å². The fourth-order valence-electron chi connectivity index (χ4n) is 2.04. The van der Waals surface area contributed by atoms with Gasteiger partial charge in [0.25, 0.3) is 0 Å². The lowest BCUT2D eigenvalue weighted by molar-refractivity contribution is 0.340. The number of hydrogen-bond acceptors (Lipinski definition) is 2.